The second-order valence-electron chi connectivity index (χ2n) is 9.61. The molecule has 1 N–H and O–H groups in total. The van der Waals surface area contributed by atoms with Gasteiger partial charge in [-0.1, -0.05) is 31.4 Å². The van der Waals surface area contributed by atoms with E-state index in [0.29, 0.717) is 43.6 Å². The Morgan fingerprint density at radius 3 is 2.56 bits per heavy atom. The van der Waals surface area contributed by atoms with Crippen LogP contribution in [-0.2, 0) is 14.3 Å². The number of carbonyl (C=O) groups is 2. The van der Waals surface area contributed by atoms with Crippen LogP contribution in [0.25, 0.3) is 0 Å². The number of morpholine rings is 1. The van der Waals surface area contributed by atoms with Crippen molar-refractivity contribution in [2.75, 3.05) is 46.0 Å². The van der Waals surface area contributed by atoms with Crippen LogP contribution in [0.4, 0.5) is 0 Å². The lowest BCUT2D eigenvalue weighted by molar-refractivity contribution is -0.149. The lowest BCUT2D eigenvalue weighted by atomic mass is 9.95. The molecule has 1 saturated heterocycles. The number of nitrogens with zero attached hydrogens (tertiary/aromatic N) is 2. The number of hydrogen-bond acceptors (Lipinski definition) is 7. The Bertz CT molecular complexity index is 1000. The Morgan fingerprint density at radius 1 is 1.03 bits per heavy atom. The molecule has 194 valence electrons. The first-order chi connectivity index (χ1) is 17.7. The normalized spacial score (nSPS) is 21.5. The Kier molecular flexibility index (Phi) is 8.08. The minimum atomic E-state index is -0.892. The zero-order valence-corrected chi connectivity index (χ0v) is 20.6. The lowest BCUT2D eigenvalue weighted by Gasteiger charge is -2.37. The summed E-state index contributed by atoms with van der Waals surface area (Å²) in [6.45, 7) is 3.95. The number of ether oxygens (including phenoxy) is 3. The molecule has 2 fully saturated rings. The molecule has 5 rings (SSSR count). The number of fused-ring (bicyclic) bond motifs is 1. The van der Waals surface area contributed by atoms with Gasteiger partial charge in [0.25, 0.3) is 11.8 Å². The third-order valence-corrected chi connectivity index (χ3v) is 7.15. The quantitative estimate of drug-likeness (QED) is 0.599. The van der Waals surface area contributed by atoms with E-state index >= 15 is 0 Å². The molecule has 36 heavy (non-hydrogen) atoms. The van der Waals surface area contributed by atoms with Gasteiger partial charge in [-0.15, -0.1) is 0 Å². The maximum atomic E-state index is 14.0. The molecule has 2 amide bonds. The van der Waals surface area contributed by atoms with E-state index in [-0.39, 0.29) is 24.5 Å². The van der Waals surface area contributed by atoms with Crippen molar-refractivity contribution >= 4 is 11.8 Å². The molecule has 1 aliphatic carbocycles. The molecule has 3 aliphatic rings. The van der Waals surface area contributed by atoms with Crippen molar-refractivity contribution in [2.45, 2.75) is 50.3 Å². The first kappa shape index (κ1) is 24.6. The summed E-state index contributed by atoms with van der Waals surface area (Å²) < 4.78 is 23.1. The SMILES string of the molecule is O=C(NC1CCCCC1)C(c1ccco1)N(CCN1CCOCC1)C(=O)C1COc2ccccc2O1. The molecule has 2 atom stereocenters. The Morgan fingerprint density at radius 2 is 1.81 bits per heavy atom. The van der Waals surface area contributed by atoms with Gasteiger partial charge in [0.1, 0.15) is 12.4 Å². The average Bonchev–Trinajstić information content (AvgIpc) is 3.46. The molecule has 3 heterocycles. The largest absolute Gasteiger partial charge is 0.485 e. The number of hydrogen-bond donors (Lipinski definition) is 1. The summed E-state index contributed by atoms with van der Waals surface area (Å²) in [6, 6.07) is 10.0. The highest BCUT2D eigenvalue weighted by Gasteiger charge is 2.40. The van der Waals surface area contributed by atoms with E-state index in [9.17, 15) is 9.59 Å². The van der Waals surface area contributed by atoms with Crippen LogP contribution in [0.5, 0.6) is 11.5 Å². The van der Waals surface area contributed by atoms with Gasteiger partial charge in [0.15, 0.2) is 17.5 Å². The molecular formula is C27H35N3O6. The first-order valence-corrected chi connectivity index (χ1v) is 13.0. The average molecular weight is 498 g/mol. The number of carbonyl (C=O) groups excluding carboxylic acids is 2. The highest BCUT2D eigenvalue weighted by molar-refractivity contribution is 5.90. The van der Waals surface area contributed by atoms with Gasteiger partial charge in [-0.3, -0.25) is 14.5 Å². The maximum absolute atomic E-state index is 14.0. The van der Waals surface area contributed by atoms with E-state index in [4.69, 9.17) is 18.6 Å². The summed E-state index contributed by atoms with van der Waals surface area (Å²) in [7, 11) is 0. The number of furan rings is 1. The molecule has 9 nitrogen and oxygen atoms in total. The van der Waals surface area contributed by atoms with Crippen molar-refractivity contribution in [1.29, 1.82) is 0 Å². The predicted molar refractivity (Wildman–Crippen MR) is 132 cm³/mol. The second kappa shape index (κ2) is 11.8. The van der Waals surface area contributed by atoms with Crippen LogP contribution in [0.2, 0.25) is 0 Å². The van der Waals surface area contributed by atoms with Crippen molar-refractivity contribution in [2.24, 2.45) is 0 Å². The van der Waals surface area contributed by atoms with Gasteiger partial charge in [-0.05, 0) is 37.1 Å². The summed E-state index contributed by atoms with van der Waals surface area (Å²) in [4.78, 5) is 31.5. The van der Waals surface area contributed by atoms with Crippen LogP contribution in [0.1, 0.15) is 43.9 Å². The summed E-state index contributed by atoms with van der Waals surface area (Å²) in [5.74, 6) is 1.06. The topological polar surface area (TPSA) is 93.5 Å². The highest BCUT2D eigenvalue weighted by Crippen LogP contribution is 2.33. The number of amides is 2. The van der Waals surface area contributed by atoms with Crippen molar-refractivity contribution in [3.8, 4) is 11.5 Å². The van der Waals surface area contributed by atoms with E-state index in [0.717, 1.165) is 38.8 Å². The first-order valence-electron chi connectivity index (χ1n) is 13.0. The fourth-order valence-electron chi connectivity index (χ4n) is 5.16. The summed E-state index contributed by atoms with van der Waals surface area (Å²) in [5.41, 5.74) is 0. The monoisotopic (exact) mass is 497 g/mol. The van der Waals surface area contributed by atoms with Gasteiger partial charge in [-0.2, -0.15) is 0 Å². The number of para-hydroxylation sites is 2. The second-order valence-corrected chi connectivity index (χ2v) is 9.61. The van der Waals surface area contributed by atoms with Crippen LogP contribution in [0.15, 0.2) is 47.1 Å². The maximum Gasteiger partial charge on any atom is 0.268 e. The molecular weight excluding hydrogens is 462 g/mol. The summed E-state index contributed by atoms with van der Waals surface area (Å²) in [6.07, 6.45) is 5.98. The molecule has 0 radical (unpaired) electrons. The van der Waals surface area contributed by atoms with Gasteiger partial charge >= 0.3 is 0 Å². The van der Waals surface area contributed by atoms with Crippen LogP contribution in [0.3, 0.4) is 0 Å². The van der Waals surface area contributed by atoms with Gasteiger partial charge in [0, 0.05) is 32.2 Å². The van der Waals surface area contributed by atoms with Gasteiger partial charge in [0.2, 0.25) is 6.10 Å². The Hall–Kier alpha value is -3.04. The van der Waals surface area contributed by atoms with Crippen molar-refractivity contribution in [3.05, 3.63) is 48.4 Å². The minimum Gasteiger partial charge on any atom is -0.485 e. The molecule has 9 heteroatoms. The Balaban J connectivity index is 1.39. The van der Waals surface area contributed by atoms with Crippen molar-refractivity contribution < 1.29 is 28.2 Å². The summed E-state index contributed by atoms with van der Waals surface area (Å²) >= 11 is 0. The summed E-state index contributed by atoms with van der Waals surface area (Å²) in [5, 5.41) is 3.20. The molecule has 2 aliphatic heterocycles. The van der Waals surface area contributed by atoms with Crippen LogP contribution >= 0.6 is 0 Å². The molecule has 2 aromatic rings. The van der Waals surface area contributed by atoms with Gasteiger partial charge in [-0.25, -0.2) is 0 Å². The molecule has 0 spiro atoms. The van der Waals surface area contributed by atoms with E-state index in [1.807, 2.05) is 18.2 Å². The van der Waals surface area contributed by atoms with Crippen molar-refractivity contribution in [3.63, 3.8) is 0 Å². The smallest absolute Gasteiger partial charge is 0.268 e. The zero-order valence-electron chi connectivity index (χ0n) is 20.6. The fraction of sp³-hybridized carbons (Fsp3) is 0.556. The van der Waals surface area contributed by atoms with Gasteiger partial charge < -0.3 is 28.8 Å². The highest BCUT2D eigenvalue weighted by atomic mass is 16.6. The van der Waals surface area contributed by atoms with Crippen LogP contribution in [0, 0.1) is 0 Å². The third-order valence-electron chi connectivity index (χ3n) is 7.15. The van der Waals surface area contributed by atoms with E-state index < -0.39 is 12.1 Å². The molecule has 1 saturated carbocycles. The predicted octanol–water partition coefficient (Wildman–Crippen LogP) is 2.77. The molecule has 0 bridgehead atoms. The van der Waals surface area contributed by atoms with E-state index in [1.165, 1.54) is 12.7 Å². The minimum absolute atomic E-state index is 0.0824. The third kappa shape index (κ3) is 5.84. The van der Waals surface area contributed by atoms with Gasteiger partial charge in [0.05, 0.1) is 19.5 Å². The fourth-order valence-corrected chi connectivity index (χ4v) is 5.16. The van der Waals surface area contributed by atoms with Crippen LogP contribution < -0.4 is 14.8 Å². The Labute approximate surface area is 211 Å². The molecule has 1 aromatic heterocycles. The van der Waals surface area contributed by atoms with E-state index in [2.05, 4.69) is 10.2 Å². The molecule has 1 aromatic carbocycles. The molecule has 2 unspecified atom stereocenters. The van der Waals surface area contributed by atoms with Crippen LogP contribution in [-0.4, -0.2) is 79.8 Å². The van der Waals surface area contributed by atoms with E-state index in [1.54, 1.807) is 23.1 Å². The number of benzene rings is 1. The number of rotatable bonds is 8. The zero-order chi connectivity index (χ0) is 24.7. The standard InChI is InChI=1S/C27H35N3O6/c31-26(28-20-7-2-1-3-8-20)25(23-11-6-16-34-23)30(13-12-29-14-17-33-18-15-29)27(32)24-19-35-21-9-4-5-10-22(21)36-24/h4-6,9-11,16,20,24-25H,1-3,7-8,12-15,17-19H2,(H,28,31). The number of nitrogens with one attached hydrogen (secondary N) is 1. The van der Waals surface area contributed by atoms with Crippen molar-refractivity contribution in [1.82, 2.24) is 15.1 Å². The lowest BCUT2D eigenvalue weighted by Crippen LogP contribution is -2.54.